The van der Waals surface area contributed by atoms with Crippen LogP contribution < -0.4 is 5.32 Å². The Kier molecular flexibility index (Phi) is 3.24. The average molecular weight is 302 g/mol. The third kappa shape index (κ3) is 2.42. The first-order chi connectivity index (χ1) is 11.3. The van der Waals surface area contributed by atoms with Crippen molar-refractivity contribution in [2.24, 2.45) is 0 Å². The third-order valence-electron chi connectivity index (χ3n) is 3.71. The van der Waals surface area contributed by atoms with E-state index in [4.69, 9.17) is 9.40 Å². The first kappa shape index (κ1) is 13.5. The number of benzene rings is 1. The molecule has 0 radical (unpaired) electrons. The van der Waals surface area contributed by atoms with Gasteiger partial charge >= 0.3 is 0 Å². The Morgan fingerprint density at radius 2 is 1.96 bits per heavy atom. The number of pyridine rings is 1. The molecule has 0 saturated carbocycles. The number of hydrogen-bond acceptors (Lipinski definition) is 5. The standard InChI is InChI=1S/C18H14N4O/c1-19-18-15-5-4-12(14-6-8-23-11-14)9-16(15)21-17(22-18)13-3-2-7-20-10-13/h2-11H,1H3,(H,19,21,22). The highest BCUT2D eigenvalue weighted by molar-refractivity contribution is 5.93. The number of anilines is 1. The van der Waals surface area contributed by atoms with Crippen molar-refractivity contribution < 1.29 is 4.42 Å². The van der Waals surface area contributed by atoms with E-state index in [1.165, 1.54) is 0 Å². The van der Waals surface area contributed by atoms with Gasteiger partial charge in [-0.3, -0.25) is 4.98 Å². The van der Waals surface area contributed by atoms with Crippen LogP contribution in [0.4, 0.5) is 5.82 Å². The summed E-state index contributed by atoms with van der Waals surface area (Å²) in [4.78, 5) is 13.4. The zero-order valence-electron chi connectivity index (χ0n) is 12.5. The molecule has 0 atom stereocenters. The van der Waals surface area contributed by atoms with Crippen molar-refractivity contribution in [3.05, 3.63) is 61.3 Å². The molecule has 112 valence electrons. The van der Waals surface area contributed by atoms with E-state index in [2.05, 4.69) is 15.3 Å². The van der Waals surface area contributed by atoms with Gasteiger partial charge in [0.25, 0.3) is 0 Å². The molecule has 0 amide bonds. The number of rotatable bonds is 3. The fourth-order valence-corrected chi connectivity index (χ4v) is 2.55. The maximum atomic E-state index is 5.17. The average Bonchev–Trinajstić information content (AvgIpc) is 3.15. The fourth-order valence-electron chi connectivity index (χ4n) is 2.55. The molecule has 4 aromatic rings. The van der Waals surface area contributed by atoms with E-state index < -0.39 is 0 Å². The molecule has 23 heavy (non-hydrogen) atoms. The highest BCUT2D eigenvalue weighted by Crippen LogP contribution is 2.29. The van der Waals surface area contributed by atoms with Gasteiger partial charge in [0.1, 0.15) is 5.82 Å². The van der Waals surface area contributed by atoms with Gasteiger partial charge < -0.3 is 9.73 Å². The number of furan rings is 1. The Balaban J connectivity index is 1.93. The molecule has 0 unspecified atom stereocenters. The molecule has 1 N–H and O–H groups in total. The van der Waals surface area contributed by atoms with Crippen LogP contribution in [0.25, 0.3) is 33.4 Å². The van der Waals surface area contributed by atoms with Gasteiger partial charge in [0.15, 0.2) is 5.82 Å². The van der Waals surface area contributed by atoms with Gasteiger partial charge in [0.05, 0.1) is 18.0 Å². The number of fused-ring (bicyclic) bond motifs is 1. The predicted molar refractivity (Wildman–Crippen MR) is 90.0 cm³/mol. The molecule has 0 saturated heterocycles. The molecular formula is C18H14N4O. The molecule has 0 aliphatic carbocycles. The molecule has 0 spiro atoms. The number of nitrogens with one attached hydrogen (secondary N) is 1. The van der Waals surface area contributed by atoms with Crippen molar-refractivity contribution in [1.82, 2.24) is 15.0 Å². The van der Waals surface area contributed by atoms with E-state index in [-0.39, 0.29) is 0 Å². The molecule has 0 bridgehead atoms. The van der Waals surface area contributed by atoms with Crippen molar-refractivity contribution >= 4 is 16.7 Å². The molecule has 1 aromatic carbocycles. The predicted octanol–water partition coefficient (Wildman–Crippen LogP) is 3.99. The van der Waals surface area contributed by atoms with Gasteiger partial charge in [-0.15, -0.1) is 0 Å². The molecule has 0 aliphatic rings. The van der Waals surface area contributed by atoms with Crippen LogP contribution in [0.3, 0.4) is 0 Å². The van der Waals surface area contributed by atoms with E-state index in [0.717, 1.165) is 33.4 Å². The van der Waals surface area contributed by atoms with Crippen LogP contribution >= 0.6 is 0 Å². The molecule has 3 aromatic heterocycles. The molecule has 4 rings (SSSR count). The second kappa shape index (κ2) is 5.53. The maximum Gasteiger partial charge on any atom is 0.163 e. The Bertz CT molecular complexity index is 950. The second-order valence-electron chi connectivity index (χ2n) is 5.13. The second-order valence-corrected chi connectivity index (χ2v) is 5.13. The van der Waals surface area contributed by atoms with E-state index in [9.17, 15) is 0 Å². The lowest BCUT2D eigenvalue weighted by molar-refractivity contribution is 0.568. The summed E-state index contributed by atoms with van der Waals surface area (Å²) in [6, 6.07) is 11.9. The summed E-state index contributed by atoms with van der Waals surface area (Å²) in [5.74, 6) is 1.45. The largest absolute Gasteiger partial charge is 0.472 e. The summed E-state index contributed by atoms with van der Waals surface area (Å²) in [5.41, 5.74) is 3.85. The van der Waals surface area contributed by atoms with Crippen LogP contribution in [0, 0.1) is 0 Å². The summed E-state index contributed by atoms with van der Waals surface area (Å²) in [7, 11) is 1.86. The van der Waals surface area contributed by atoms with Crippen molar-refractivity contribution in [3.63, 3.8) is 0 Å². The maximum absolute atomic E-state index is 5.17. The Morgan fingerprint density at radius 3 is 2.70 bits per heavy atom. The van der Waals surface area contributed by atoms with Crippen molar-refractivity contribution in [2.45, 2.75) is 0 Å². The van der Waals surface area contributed by atoms with E-state index >= 15 is 0 Å². The molecule has 0 aliphatic heterocycles. The van der Waals surface area contributed by atoms with Crippen molar-refractivity contribution in [1.29, 1.82) is 0 Å². The first-order valence-electron chi connectivity index (χ1n) is 7.27. The van der Waals surface area contributed by atoms with Gasteiger partial charge in [-0.2, -0.15) is 0 Å². The van der Waals surface area contributed by atoms with Crippen LogP contribution in [0.2, 0.25) is 0 Å². The summed E-state index contributed by atoms with van der Waals surface area (Å²) >= 11 is 0. The van der Waals surface area contributed by atoms with Gasteiger partial charge in [-0.1, -0.05) is 6.07 Å². The van der Waals surface area contributed by atoms with Gasteiger partial charge in [0, 0.05) is 36.0 Å². The summed E-state index contributed by atoms with van der Waals surface area (Å²) in [6.45, 7) is 0. The normalized spacial score (nSPS) is 10.8. The number of nitrogens with zero attached hydrogens (tertiary/aromatic N) is 3. The topological polar surface area (TPSA) is 63.8 Å². The zero-order valence-corrected chi connectivity index (χ0v) is 12.5. The lowest BCUT2D eigenvalue weighted by Gasteiger charge is -2.09. The van der Waals surface area contributed by atoms with Crippen LogP contribution in [0.5, 0.6) is 0 Å². The SMILES string of the molecule is CNc1nc(-c2cccnc2)nc2cc(-c3ccoc3)ccc12. The van der Waals surface area contributed by atoms with Crippen LogP contribution in [0.15, 0.2) is 65.7 Å². The van der Waals surface area contributed by atoms with Crippen LogP contribution in [-0.4, -0.2) is 22.0 Å². The summed E-state index contributed by atoms with van der Waals surface area (Å²) in [5, 5.41) is 4.12. The molecule has 0 fully saturated rings. The highest BCUT2D eigenvalue weighted by Gasteiger charge is 2.10. The van der Waals surface area contributed by atoms with Gasteiger partial charge in [0.2, 0.25) is 0 Å². The van der Waals surface area contributed by atoms with Crippen LogP contribution in [0.1, 0.15) is 0 Å². The lowest BCUT2D eigenvalue weighted by atomic mass is 10.1. The number of hydrogen-bond donors (Lipinski definition) is 1. The minimum absolute atomic E-state index is 0.652. The Labute approximate surface area is 133 Å². The van der Waals surface area contributed by atoms with Crippen molar-refractivity contribution in [2.75, 3.05) is 12.4 Å². The van der Waals surface area contributed by atoms with Gasteiger partial charge in [-0.05, 0) is 35.9 Å². The first-order valence-corrected chi connectivity index (χ1v) is 7.27. The fraction of sp³-hybridized carbons (Fsp3) is 0.0556. The summed E-state index contributed by atoms with van der Waals surface area (Å²) in [6.07, 6.45) is 6.89. The highest BCUT2D eigenvalue weighted by atomic mass is 16.3. The minimum atomic E-state index is 0.652. The summed E-state index contributed by atoms with van der Waals surface area (Å²) < 4.78 is 5.17. The van der Waals surface area contributed by atoms with E-state index in [0.29, 0.717) is 5.82 Å². The third-order valence-corrected chi connectivity index (χ3v) is 3.71. The Morgan fingerprint density at radius 1 is 1.00 bits per heavy atom. The lowest BCUT2D eigenvalue weighted by Crippen LogP contribution is -1.99. The zero-order chi connectivity index (χ0) is 15.6. The molecular weight excluding hydrogens is 288 g/mol. The number of aromatic nitrogens is 3. The minimum Gasteiger partial charge on any atom is -0.472 e. The molecule has 5 nitrogen and oxygen atoms in total. The quantitative estimate of drug-likeness (QED) is 0.620. The molecule has 5 heteroatoms. The van der Waals surface area contributed by atoms with E-state index in [1.807, 2.05) is 43.4 Å². The van der Waals surface area contributed by atoms with Gasteiger partial charge in [-0.25, -0.2) is 9.97 Å². The smallest absolute Gasteiger partial charge is 0.163 e. The van der Waals surface area contributed by atoms with E-state index in [1.54, 1.807) is 24.9 Å². The van der Waals surface area contributed by atoms with Crippen molar-refractivity contribution in [3.8, 4) is 22.5 Å². The van der Waals surface area contributed by atoms with Crippen LogP contribution in [-0.2, 0) is 0 Å². The monoisotopic (exact) mass is 302 g/mol. The Hall–Kier alpha value is -3.21. The molecule has 3 heterocycles.